The Morgan fingerprint density at radius 2 is 1.80 bits per heavy atom. The summed E-state index contributed by atoms with van der Waals surface area (Å²) in [5.41, 5.74) is 6.90. The molecule has 0 unspecified atom stereocenters. The van der Waals surface area contributed by atoms with E-state index in [1.807, 2.05) is 44.2 Å². The molecule has 0 saturated heterocycles. The van der Waals surface area contributed by atoms with Crippen LogP contribution >= 0.6 is 0 Å². The summed E-state index contributed by atoms with van der Waals surface area (Å²) in [6, 6.07) is 14.0. The standard InChI is InChI=1S/C21H26N2O2/c1-15-6-7-16(2)19(12-15)25-14-20(24)23-22-13-17-8-10-18(11-9-17)21(3,4)5/h6-13H,14H2,1-5H3,(H,23,24). The van der Waals surface area contributed by atoms with E-state index in [1.165, 1.54) is 5.56 Å². The minimum atomic E-state index is -0.288. The first kappa shape index (κ1) is 18.7. The van der Waals surface area contributed by atoms with Crippen LogP contribution in [0.2, 0.25) is 0 Å². The first-order valence-corrected chi connectivity index (χ1v) is 8.38. The first-order chi connectivity index (χ1) is 11.8. The summed E-state index contributed by atoms with van der Waals surface area (Å²) in [5, 5.41) is 3.98. The van der Waals surface area contributed by atoms with Crippen molar-refractivity contribution in [2.75, 3.05) is 6.61 Å². The van der Waals surface area contributed by atoms with Crippen LogP contribution in [0.25, 0.3) is 0 Å². The fraction of sp³-hybridized carbons (Fsp3) is 0.333. The molecule has 0 atom stereocenters. The Morgan fingerprint density at radius 1 is 1.12 bits per heavy atom. The number of benzene rings is 2. The molecule has 0 saturated carbocycles. The molecular formula is C21H26N2O2. The number of carbonyl (C=O) groups is 1. The van der Waals surface area contributed by atoms with Gasteiger partial charge in [-0.1, -0.05) is 57.2 Å². The average Bonchev–Trinajstić information content (AvgIpc) is 2.55. The monoisotopic (exact) mass is 338 g/mol. The Bertz CT molecular complexity index is 756. The molecule has 0 heterocycles. The molecule has 0 spiro atoms. The highest BCUT2D eigenvalue weighted by Crippen LogP contribution is 2.21. The maximum atomic E-state index is 11.8. The lowest BCUT2D eigenvalue weighted by atomic mass is 9.87. The number of nitrogens with zero attached hydrogens (tertiary/aromatic N) is 1. The van der Waals surface area contributed by atoms with Gasteiger partial charge in [-0.05, 0) is 47.6 Å². The van der Waals surface area contributed by atoms with Crippen LogP contribution in [0.5, 0.6) is 5.75 Å². The van der Waals surface area contributed by atoms with Crippen molar-refractivity contribution in [2.45, 2.75) is 40.0 Å². The van der Waals surface area contributed by atoms with Crippen LogP contribution in [-0.2, 0) is 10.2 Å². The van der Waals surface area contributed by atoms with Gasteiger partial charge < -0.3 is 4.74 Å². The predicted octanol–water partition coefficient (Wildman–Crippen LogP) is 4.13. The second-order valence-corrected chi connectivity index (χ2v) is 7.22. The topological polar surface area (TPSA) is 50.7 Å². The third-order valence-electron chi connectivity index (χ3n) is 3.88. The minimum Gasteiger partial charge on any atom is -0.483 e. The summed E-state index contributed by atoms with van der Waals surface area (Å²) in [4.78, 5) is 11.8. The molecule has 1 amide bonds. The largest absolute Gasteiger partial charge is 0.483 e. The second-order valence-electron chi connectivity index (χ2n) is 7.22. The average molecular weight is 338 g/mol. The molecule has 0 aliphatic heterocycles. The fourth-order valence-electron chi connectivity index (χ4n) is 2.29. The van der Waals surface area contributed by atoms with E-state index in [4.69, 9.17) is 4.74 Å². The smallest absolute Gasteiger partial charge is 0.277 e. The maximum Gasteiger partial charge on any atom is 0.277 e. The third kappa shape index (κ3) is 5.75. The molecule has 0 fully saturated rings. The van der Waals surface area contributed by atoms with Gasteiger partial charge in [-0.3, -0.25) is 4.79 Å². The number of hydrogen-bond acceptors (Lipinski definition) is 3. The van der Waals surface area contributed by atoms with Crippen LogP contribution in [0.3, 0.4) is 0 Å². The number of hydrazone groups is 1. The first-order valence-electron chi connectivity index (χ1n) is 8.38. The van der Waals surface area contributed by atoms with Crippen molar-refractivity contribution >= 4 is 12.1 Å². The lowest BCUT2D eigenvalue weighted by molar-refractivity contribution is -0.123. The van der Waals surface area contributed by atoms with Crippen molar-refractivity contribution in [2.24, 2.45) is 5.10 Å². The van der Waals surface area contributed by atoms with E-state index >= 15 is 0 Å². The fourth-order valence-corrected chi connectivity index (χ4v) is 2.29. The van der Waals surface area contributed by atoms with Crippen molar-refractivity contribution in [1.82, 2.24) is 5.43 Å². The Balaban J connectivity index is 1.85. The highest BCUT2D eigenvalue weighted by Gasteiger charge is 2.12. The molecule has 0 radical (unpaired) electrons. The number of aryl methyl sites for hydroxylation is 2. The molecule has 4 nitrogen and oxygen atoms in total. The third-order valence-corrected chi connectivity index (χ3v) is 3.88. The maximum absolute atomic E-state index is 11.8. The van der Waals surface area contributed by atoms with Crippen molar-refractivity contribution in [3.8, 4) is 5.75 Å². The van der Waals surface area contributed by atoms with Crippen molar-refractivity contribution in [3.05, 3.63) is 64.7 Å². The molecule has 2 rings (SSSR count). The van der Waals surface area contributed by atoms with Gasteiger partial charge in [0.1, 0.15) is 5.75 Å². The molecule has 2 aromatic carbocycles. The highest BCUT2D eigenvalue weighted by molar-refractivity contribution is 5.83. The Morgan fingerprint density at radius 3 is 2.44 bits per heavy atom. The van der Waals surface area contributed by atoms with Crippen LogP contribution in [0.1, 0.15) is 43.0 Å². The molecule has 0 aliphatic carbocycles. The van der Waals surface area contributed by atoms with E-state index in [9.17, 15) is 4.79 Å². The summed E-state index contributed by atoms with van der Waals surface area (Å²) in [7, 11) is 0. The van der Waals surface area contributed by atoms with Gasteiger partial charge in [0.05, 0.1) is 6.21 Å². The molecule has 0 aliphatic rings. The molecule has 132 valence electrons. The zero-order chi connectivity index (χ0) is 18.4. The Labute approximate surface area is 149 Å². The summed E-state index contributed by atoms with van der Waals surface area (Å²) in [6.07, 6.45) is 1.63. The molecule has 0 bridgehead atoms. The van der Waals surface area contributed by atoms with Crippen molar-refractivity contribution in [3.63, 3.8) is 0 Å². The van der Waals surface area contributed by atoms with Crippen LogP contribution in [0.15, 0.2) is 47.6 Å². The predicted molar refractivity (Wildman–Crippen MR) is 102 cm³/mol. The number of amides is 1. The van der Waals surface area contributed by atoms with Crippen LogP contribution in [-0.4, -0.2) is 18.7 Å². The minimum absolute atomic E-state index is 0.0649. The molecular weight excluding hydrogens is 312 g/mol. The van der Waals surface area contributed by atoms with Gasteiger partial charge >= 0.3 is 0 Å². The van der Waals surface area contributed by atoms with Crippen LogP contribution in [0, 0.1) is 13.8 Å². The van der Waals surface area contributed by atoms with E-state index in [2.05, 4.69) is 43.4 Å². The quantitative estimate of drug-likeness (QED) is 0.658. The number of rotatable bonds is 5. The SMILES string of the molecule is Cc1ccc(C)c(OCC(=O)NN=Cc2ccc(C(C)(C)C)cc2)c1. The number of hydrogen-bond donors (Lipinski definition) is 1. The Hall–Kier alpha value is -2.62. The van der Waals surface area contributed by atoms with E-state index in [0.717, 1.165) is 22.4 Å². The Kier molecular flexibility index (Phi) is 5.97. The number of ether oxygens (including phenoxy) is 1. The lowest BCUT2D eigenvalue weighted by Crippen LogP contribution is -2.24. The zero-order valence-electron chi connectivity index (χ0n) is 15.6. The second kappa shape index (κ2) is 7.97. The van der Waals surface area contributed by atoms with E-state index in [-0.39, 0.29) is 17.9 Å². The number of nitrogens with one attached hydrogen (secondary N) is 1. The summed E-state index contributed by atoms with van der Waals surface area (Å²) in [5.74, 6) is 0.431. The molecule has 4 heteroatoms. The van der Waals surface area contributed by atoms with Crippen LogP contribution < -0.4 is 10.2 Å². The van der Waals surface area contributed by atoms with E-state index in [0.29, 0.717) is 0 Å². The van der Waals surface area contributed by atoms with Gasteiger partial charge in [0, 0.05) is 0 Å². The highest BCUT2D eigenvalue weighted by atomic mass is 16.5. The van der Waals surface area contributed by atoms with Gasteiger partial charge in [0.2, 0.25) is 0 Å². The van der Waals surface area contributed by atoms with E-state index < -0.39 is 0 Å². The molecule has 1 N–H and O–H groups in total. The lowest BCUT2D eigenvalue weighted by Gasteiger charge is -2.18. The normalized spacial score (nSPS) is 11.6. The van der Waals surface area contributed by atoms with Crippen LogP contribution in [0.4, 0.5) is 0 Å². The summed E-state index contributed by atoms with van der Waals surface area (Å²) < 4.78 is 5.55. The van der Waals surface area contributed by atoms with Crippen molar-refractivity contribution < 1.29 is 9.53 Å². The molecule has 2 aromatic rings. The van der Waals surface area contributed by atoms with Crippen molar-refractivity contribution in [1.29, 1.82) is 0 Å². The van der Waals surface area contributed by atoms with Gasteiger partial charge in [-0.15, -0.1) is 0 Å². The summed E-state index contributed by atoms with van der Waals surface area (Å²) >= 11 is 0. The van der Waals surface area contributed by atoms with Gasteiger partial charge in [0.15, 0.2) is 6.61 Å². The van der Waals surface area contributed by atoms with Gasteiger partial charge in [-0.25, -0.2) is 5.43 Å². The molecule has 25 heavy (non-hydrogen) atoms. The van der Waals surface area contributed by atoms with E-state index in [1.54, 1.807) is 6.21 Å². The van der Waals surface area contributed by atoms with Gasteiger partial charge in [-0.2, -0.15) is 5.10 Å². The van der Waals surface area contributed by atoms with Gasteiger partial charge in [0.25, 0.3) is 5.91 Å². The summed E-state index contributed by atoms with van der Waals surface area (Å²) in [6.45, 7) is 10.4. The molecule has 0 aromatic heterocycles. The number of carbonyl (C=O) groups excluding carboxylic acids is 1. The zero-order valence-corrected chi connectivity index (χ0v) is 15.6.